The van der Waals surface area contributed by atoms with Crippen LogP contribution in [0.4, 0.5) is 16.3 Å². The zero-order valence-corrected chi connectivity index (χ0v) is 26.2. The molecule has 0 saturated carbocycles. The Balaban J connectivity index is 0.941. The first-order valence-corrected chi connectivity index (χ1v) is 15.9. The van der Waals surface area contributed by atoms with Crippen LogP contribution in [0.2, 0.25) is 0 Å². The summed E-state index contributed by atoms with van der Waals surface area (Å²) in [4.78, 5) is 21.3. The number of aryl methyl sites for hydroxylation is 1. The van der Waals surface area contributed by atoms with Gasteiger partial charge in [-0.05, 0) is 37.0 Å². The lowest BCUT2D eigenvalue weighted by molar-refractivity contribution is -0.118. The maximum atomic E-state index is 12.5. The van der Waals surface area contributed by atoms with Crippen molar-refractivity contribution in [2.24, 2.45) is 0 Å². The molecule has 45 heavy (non-hydrogen) atoms. The predicted molar refractivity (Wildman–Crippen MR) is 176 cm³/mol. The van der Waals surface area contributed by atoms with Crippen LogP contribution in [0.5, 0.6) is 0 Å². The summed E-state index contributed by atoms with van der Waals surface area (Å²) in [5.74, 6) is 7.23. The Morgan fingerprint density at radius 1 is 0.911 bits per heavy atom. The lowest BCUT2D eigenvalue weighted by Crippen LogP contribution is -2.57. The minimum atomic E-state index is -0.246. The zero-order valence-electron chi connectivity index (χ0n) is 26.2. The third-order valence-corrected chi connectivity index (χ3v) is 9.13. The van der Waals surface area contributed by atoms with E-state index in [0.717, 1.165) is 87.8 Å². The number of nitrogens with two attached hydrogens (primary N) is 1. The number of rotatable bonds is 6. The lowest BCUT2D eigenvalue weighted by atomic mass is 9.89. The molecule has 10 nitrogen and oxygen atoms in total. The van der Waals surface area contributed by atoms with E-state index in [4.69, 9.17) is 15.2 Å². The summed E-state index contributed by atoms with van der Waals surface area (Å²) in [6.45, 7) is 11.0. The number of carbonyl (C=O) groups is 1. The highest BCUT2D eigenvalue weighted by Crippen LogP contribution is 2.35. The molecule has 1 amide bonds. The van der Waals surface area contributed by atoms with Gasteiger partial charge in [-0.25, -0.2) is 4.79 Å². The van der Waals surface area contributed by atoms with Crippen molar-refractivity contribution < 1.29 is 14.3 Å². The van der Waals surface area contributed by atoms with Crippen molar-refractivity contribution >= 4 is 17.6 Å². The Bertz CT molecular complexity index is 1510. The molecule has 1 spiro atoms. The van der Waals surface area contributed by atoms with E-state index >= 15 is 0 Å². The van der Waals surface area contributed by atoms with E-state index in [9.17, 15) is 4.79 Å². The van der Waals surface area contributed by atoms with Gasteiger partial charge in [-0.2, -0.15) is 0 Å². The first-order valence-electron chi connectivity index (χ1n) is 15.9. The van der Waals surface area contributed by atoms with E-state index in [-0.39, 0.29) is 11.7 Å². The summed E-state index contributed by atoms with van der Waals surface area (Å²) in [7, 11) is 0. The van der Waals surface area contributed by atoms with Gasteiger partial charge in [-0.15, -0.1) is 10.2 Å². The van der Waals surface area contributed by atoms with Gasteiger partial charge in [0.1, 0.15) is 6.61 Å². The second kappa shape index (κ2) is 14.3. The number of carbonyl (C=O) groups excluding carboxylic acids is 1. The SMILES string of the molecule is Cc1ccccc1-c1cc(N2CCC3(CC2)CN(CC#CCN2CCN(C(=O)OCc4ccccc4)CC2)CCO3)c(N)nn1. The molecule has 236 valence electrons. The molecule has 0 unspecified atom stereocenters. The summed E-state index contributed by atoms with van der Waals surface area (Å²) in [5.41, 5.74) is 11.2. The van der Waals surface area contributed by atoms with E-state index in [2.05, 4.69) is 61.9 Å². The number of morpholine rings is 1. The Kier molecular flexibility index (Phi) is 9.79. The summed E-state index contributed by atoms with van der Waals surface area (Å²) in [5, 5.41) is 8.68. The van der Waals surface area contributed by atoms with Gasteiger partial charge in [0.25, 0.3) is 0 Å². The maximum absolute atomic E-state index is 12.5. The minimum Gasteiger partial charge on any atom is -0.445 e. The second-order valence-electron chi connectivity index (χ2n) is 12.2. The Morgan fingerprint density at radius 2 is 1.62 bits per heavy atom. The van der Waals surface area contributed by atoms with Crippen LogP contribution in [-0.4, -0.2) is 109 Å². The number of piperazine rings is 1. The van der Waals surface area contributed by atoms with Gasteiger partial charge in [-0.3, -0.25) is 9.80 Å². The van der Waals surface area contributed by atoms with Crippen molar-refractivity contribution in [3.05, 3.63) is 71.8 Å². The molecule has 0 aliphatic carbocycles. The van der Waals surface area contributed by atoms with Gasteiger partial charge in [-0.1, -0.05) is 66.4 Å². The zero-order chi connectivity index (χ0) is 31.1. The van der Waals surface area contributed by atoms with Gasteiger partial charge in [0.05, 0.1) is 36.7 Å². The van der Waals surface area contributed by atoms with E-state index in [1.54, 1.807) is 4.90 Å². The average Bonchev–Trinajstić information content (AvgIpc) is 3.07. The molecule has 3 aromatic rings. The van der Waals surface area contributed by atoms with Gasteiger partial charge in [0.2, 0.25) is 0 Å². The molecule has 0 bridgehead atoms. The van der Waals surface area contributed by atoms with Crippen LogP contribution in [0.15, 0.2) is 60.7 Å². The number of aromatic nitrogens is 2. The van der Waals surface area contributed by atoms with Crippen LogP contribution in [0.1, 0.15) is 24.0 Å². The Hall–Kier alpha value is -4.17. The number of piperidine rings is 1. The van der Waals surface area contributed by atoms with E-state index < -0.39 is 0 Å². The molecule has 3 fully saturated rings. The Morgan fingerprint density at radius 3 is 2.38 bits per heavy atom. The van der Waals surface area contributed by atoms with Crippen molar-refractivity contribution in [2.45, 2.75) is 32.0 Å². The number of anilines is 2. The number of ether oxygens (including phenoxy) is 2. The molecule has 6 rings (SSSR count). The van der Waals surface area contributed by atoms with E-state index in [0.29, 0.717) is 32.1 Å². The van der Waals surface area contributed by atoms with Crippen molar-refractivity contribution in [1.82, 2.24) is 24.9 Å². The number of nitrogens with zero attached hydrogens (tertiary/aromatic N) is 6. The molecule has 3 aliphatic rings. The quantitative estimate of drug-likeness (QED) is 0.420. The first-order chi connectivity index (χ1) is 22.0. The van der Waals surface area contributed by atoms with Crippen molar-refractivity contribution in [3.63, 3.8) is 0 Å². The summed E-state index contributed by atoms with van der Waals surface area (Å²) < 4.78 is 11.9. The molecule has 2 N–H and O–H groups in total. The number of benzene rings is 2. The molecule has 4 heterocycles. The van der Waals surface area contributed by atoms with Crippen LogP contribution < -0.4 is 10.6 Å². The highest BCUT2D eigenvalue weighted by atomic mass is 16.6. The lowest BCUT2D eigenvalue weighted by Gasteiger charge is -2.47. The first kappa shape index (κ1) is 30.8. The smallest absolute Gasteiger partial charge is 0.410 e. The standard InChI is InChI=1S/C35H43N7O3/c1-28-9-5-6-12-30(28)31-25-32(33(36)38-37-31)41-17-13-35(14-18-41)27-40(23-24-45-35)16-8-7-15-39-19-21-42(22-20-39)34(43)44-26-29-10-3-2-4-11-29/h2-6,9-12,25H,13-24,26-27H2,1H3,(H2,36,38). The highest BCUT2D eigenvalue weighted by molar-refractivity contribution is 5.72. The van der Waals surface area contributed by atoms with Gasteiger partial charge in [0.15, 0.2) is 5.82 Å². The molecule has 3 saturated heterocycles. The third-order valence-electron chi connectivity index (χ3n) is 9.13. The van der Waals surface area contributed by atoms with Crippen molar-refractivity contribution in [3.8, 4) is 23.1 Å². The molecule has 1 aromatic heterocycles. The summed E-state index contributed by atoms with van der Waals surface area (Å²) >= 11 is 0. The fourth-order valence-electron chi connectivity index (χ4n) is 6.39. The van der Waals surface area contributed by atoms with Gasteiger partial charge < -0.3 is 25.0 Å². The topological polar surface area (TPSA) is 100 Å². The number of hydrogen-bond acceptors (Lipinski definition) is 9. The fourth-order valence-corrected chi connectivity index (χ4v) is 6.39. The van der Waals surface area contributed by atoms with Gasteiger partial charge >= 0.3 is 6.09 Å². The van der Waals surface area contributed by atoms with E-state index in [1.165, 1.54) is 5.56 Å². The number of hydrogen-bond donors (Lipinski definition) is 1. The van der Waals surface area contributed by atoms with Crippen LogP contribution >= 0.6 is 0 Å². The Labute approximate surface area is 266 Å². The van der Waals surface area contributed by atoms with E-state index in [1.807, 2.05) is 42.5 Å². The minimum absolute atomic E-state index is 0.157. The van der Waals surface area contributed by atoms with Crippen LogP contribution in [0.3, 0.4) is 0 Å². The largest absolute Gasteiger partial charge is 0.445 e. The van der Waals surface area contributed by atoms with Crippen LogP contribution in [-0.2, 0) is 16.1 Å². The fraction of sp³-hybridized carbons (Fsp3) is 0.457. The second-order valence-corrected chi connectivity index (χ2v) is 12.2. The van der Waals surface area contributed by atoms with Crippen molar-refractivity contribution in [1.29, 1.82) is 0 Å². The summed E-state index contributed by atoms with van der Waals surface area (Å²) in [6.07, 6.45) is 1.61. The maximum Gasteiger partial charge on any atom is 0.410 e. The highest BCUT2D eigenvalue weighted by Gasteiger charge is 2.40. The monoisotopic (exact) mass is 609 g/mol. The molecule has 2 aromatic carbocycles. The molecule has 0 radical (unpaired) electrons. The van der Waals surface area contributed by atoms with Crippen LogP contribution in [0, 0.1) is 18.8 Å². The molecule has 3 aliphatic heterocycles. The third kappa shape index (κ3) is 7.74. The van der Waals surface area contributed by atoms with Gasteiger partial charge in [0, 0.05) is 57.9 Å². The predicted octanol–water partition coefficient (Wildman–Crippen LogP) is 3.66. The summed E-state index contributed by atoms with van der Waals surface area (Å²) in [6, 6.07) is 20.1. The average molecular weight is 610 g/mol. The molecular weight excluding hydrogens is 566 g/mol. The molecular formula is C35H43N7O3. The normalized spacial score (nSPS) is 18.8. The van der Waals surface area contributed by atoms with Crippen molar-refractivity contribution in [2.75, 3.05) is 82.7 Å². The van der Waals surface area contributed by atoms with Crippen LogP contribution in [0.25, 0.3) is 11.3 Å². The molecule has 10 heteroatoms. The number of amides is 1. The molecule has 0 atom stereocenters. The number of nitrogen functional groups attached to an aromatic ring is 1.